The number of nitrogens with zero attached hydrogens (tertiary/aromatic N) is 3. The molecule has 23 heteroatoms. The number of aromatic nitrogens is 4. The molecule has 0 aliphatic carbocycles. The number of H-pyrrole nitrogens is 2. The molecule has 23 nitrogen and oxygen atoms in total. The van der Waals surface area contributed by atoms with Gasteiger partial charge in [0.15, 0.2) is 0 Å². The summed E-state index contributed by atoms with van der Waals surface area (Å²) in [7, 11) is 0. The second kappa shape index (κ2) is 30.5. The Balaban J connectivity index is 0.942. The molecule has 8 atom stereocenters. The van der Waals surface area contributed by atoms with E-state index in [9.17, 15) is 38.4 Å². The standard InChI is InChI=1S/C68H75N13O10/c1-41(2)60(67(90)74-52(61(69)84)34-47-38-80(40-82)58-27-16-14-25-50(47)58)79-65(88)55(32-45-22-11-6-12-23-45)76-62(85)53(30-43-18-7-4-8-19-43)75-64(87)56(35-48-37-70-39-72-48)77-63(86)54(31-44-20-9-5-10-21-44)78-66(89)59-28-17-29-81(59)68(91)57(73-42(3)83)33-46-36-71-51-26-15-13-24-49(46)51/h4-16,18-27,36-41,52-57,59-60,71H,17,28-35H2,1-3H3,(H2,69,84)(H,70,72)(H,73,83)(H,74,90)(H,75,87)(H,76,85)(H,77,86)(H,78,89)(H,79,88)/t52-,53-,54-,55-,56-,57+,59-,60-/m0/s1. The van der Waals surface area contributed by atoms with Crippen molar-refractivity contribution in [2.45, 2.75) is 120 Å². The van der Waals surface area contributed by atoms with Crippen LogP contribution >= 0.6 is 0 Å². The Kier molecular flexibility index (Phi) is 21.7. The lowest BCUT2D eigenvalue weighted by Gasteiger charge is -2.30. The molecule has 9 rings (SSSR count). The van der Waals surface area contributed by atoms with E-state index < -0.39 is 107 Å². The van der Waals surface area contributed by atoms with Crippen LogP contribution in [0.3, 0.4) is 0 Å². The van der Waals surface area contributed by atoms with Crippen molar-refractivity contribution in [2.75, 3.05) is 6.54 Å². The van der Waals surface area contributed by atoms with Gasteiger partial charge in [0.2, 0.25) is 59.6 Å². The monoisotopic (exact) mass is 1230 g/mol. The third-order valence-corrected chi connectivity index (χ3v) is 16.2. The quantitative estimate of drug-likeness (QED) is 0.0304. The van der Waals surface area contributed by atoms with E-state index in [1.807, 2.05) is 24.3 Å². The van der Waals surface area contributed by atoms with Crippen molar-refractivity contribution in [3.8, 4) is 0 Å². The first kappa shape index (κ1) is 64.8. The molecule has 91 heavy (non-hydrogen) atoms. The summed E-state index contributed by atoms with van der Waals surface area (Å²) in [5.74, 6) is -6.79. The zero-order valence-electron chi connectivity index (χ0n) is 50.7. The largest absolute Gasteiger partial charge is 0.368 e. The second-order valence-electron chi connectivity index (χ2n) is 23.2. The molecule has 1 aliphatic heterocycles. The maximum Gasteiger partial charge on any atom is 0.246 e. The van der Waals surface area contributed by atoms with E-state index in [0.29, 0.717) is 51.7 Å². The zero-order valence-corrected chi connectivity index (χ0v) is 50.7. The summed E-state index contributed by atoms with van der Waals surface area (Å²) in [4.78, 5) is 152. The number of carbonyl (C=O) groups is 10. The van der Waals surface area contributed by atoms with Gasteiger partial charge in [-0.1, -0.05) is 141 Å². The van der Waals surface area contributed by atoms with Crippen molar-refractivity contribution in [1.29, 1.82) is 0 Å². The third kappa shape index (κ3) is 16.9. The number of hydrogen-bond acceptors (Lipinski definition) is 11. The van der Waals surface area contributed by atoms with Crippen LogP contribution < -0.4 is 43.0 Å². The van der Waals surface area contributed by atoms with E-state index in [0.717, 1.165) is 16.5 Å². The van der Waals surface area contributed by atoms with Crippen LogP contribution in [0.5, 0.6) is 0 Å². The number of likely N-dealkylation sites (tertiary alicyclic amines) is 1. The van der Waals surface area contributed by atoms with Crippen molar-refractivity contribution in [1.82, 2.24) is 61.6 Å². The van der Waals surface area contributed by atoms with Gasteiger partial charge in [0.1, 0.15) is 48.3 Å². The van der Waals surface area contributed by atoms with Crippen LogP contribution in [0.2, 0.25) is 0 Å². The molecule has 0 unspecified atom stereocenters. The Bertz CT molecular complexity index is 3870. The summed E-state index contributed by atoms with van der Waals surface area (Å²) in [6.45, 7) is 4.92. The first-order valence-corrected chi connectivity index (χ1v) is 30.3. The lowest BCUT2D eigenvalue weighted by atomic mass is 9.99. The maximum absolute atomic E-state index is 15.0. The molecule has 5 aromatic carbocycles. The van der Waals surface area contributed by atoms with E-state index in [2.05, 4.69) is 52.2 Å². The van der Waals surface area contributed by atoms with E-state index in [-0.39, 0.29) is 51.5 Å². The van der Waals surface area contributed by atoms with Gasteiger partial charge in [-0.25, -0.2) is 4.98 Å². The number of amides is 9. The number of hydrogen-bond donors (Lipinski definition) is 10. The molecule has 0 saturated carbocycles. The van der Waals surface area contributed by atoms with Crippen LogP contribution in [-0.2, 0) is 86.5 Å². The molecule has 0 bridgehead atoms. The smallest absolute Gasteiger partial charge is 0.246 e. The molecule has 1 saturated heterocycles. The number of fused-ring (bicyclic) bond motifs is 2. The summed E-state index contributed by atoms with van der Waals surface area (Å²) in [6.07, 6.45) is 7.32. The highest BCUT2D eigenvalue weighted by Gasteiger charge is 2.40. The summed E-state index contributed by atoms with van der Waals surface area (Å²) >= 11 is 0. The molecule has 1 fully saturated rings. The lowest BCUT2D eigenvalue weighted by Crippen LogP contribution is -2.61. The number of imidazole rings is 1. The van der Waals surface area contributed by atoms with Crippen LogP contribution in [0.15, 0.2) is 164 Å². The SMILES string of the molecule is CC(=O)N[C@H](Cc1c[nH]c2ccccc12)C(=O)N1CCC[C@H]1C(=O)N[C@@H](Cc1ccccc1)C(=O)N[C@@H](Cc1cnc[nH]1)C(=O)N[C@@H](Cc1ccccc1)C(=O)N[C@@H](Cc1ccccc1)C(=O)N[C@H](C(=O)N[C@@H](Cc1cn(C=O)c2ccccc12)C(N)=O)C(C)C. The Morgan fingerprint density at radius 2 is 1.07 bits per heavy atom. The first-order valence-electron chi connectivity index (χ1n) is 30.3. The predicted molar refractivity (Wildman–Crippen MR) is 340 cm³/mol. The lowest BCUT2D eigenvalue weighted by molar-refractivity contribution is -0.142. The van der Waals surface area contributed by atoms with Crippen LogP contribution in [0.25, 0.3) is 21.8 Å². The number of benzene rings is 5. The Hall–Kier alpha value is -10.7. The number of nitrogens with one attached hydrogen (secondary N) is 9. The molecule has 11 N–H and O–H groups in total. The number of para-hydroxylation sites is 2. The topological polar surface area (TPSA) is 334 Å². The summed E-state index contributed by atoms with van der Waals surface area (Å²) in [6, 6.07) is 31.2. The van der Waals surface area contributed by atoms with Crippen LogP contribution in [-0.4, -0.2) is 139 Å². The van der Waals surface area contributed by atoms with Gasteiger partial charge >= 0.3 is 0 Å². The highest BCUT2D eigenvalue weighted by atomic mass is 16.2. The van der Waals surface area contributed by atoms with E-state index in [1.54, 1.807) is 142 Å². The number of aromatic amines is 2. The molecule has 8 aromatic rings. The van der Waals surface area contributed by atoms with Gasteiger partial charge in [-0.15, -0.1) is 0 Å². The Labute approximate surface area is 525 Å². The molecular formula is C68H75N13O10. The molecule has 3 aromatic heterocycles. The number of nitrogens with two attached hydrogens (primary N) is 1. The number of primary amides is 1. The van der Waals surface area contributed by atoms with Crippen molar-refractivity contribution >= 4 is 81.4 Å². The summed E-state index contributed by atoms with van der Waals surface area (Å²) in [5, 5.41) is 21.3. The fraction of sp³-hybridized carbons (Fsp3) is 0.309. The molecular weight excluding hydrogens is 1160 g/mol. The van der Waals surface area contributed by atoms with Gasteiger partial charge in [0.05, 0.1) is 11.8 Å². The maximum atomic E-state index is 15.0. The van der Waals surface area contributed by atoms with Crippen molar-refractivity contribution in [3.05, 3.63) is 198 Å². The minimum Gasteiger partial charge on any atom is -0.368 e. The highest BCUT2D eigenvalue weighted by Crippen LogP contribution is 2.25. The Morgan fingerprint density at radius 3 is 1.60 bits per heavy atom. The molecule has 0 radical (unpaired) electrons. The third-order valence-electron chi connectivity index (χ3n) is 16.2. The van der Waals surface area contributed by atoms with Gasteiger partial charge in [0, 0.05) is 92.6 Å². The predicted octanol–water partition coefficient (Wildman–Crippen LogP) is 3.19. The molecule has 0 spiro atoms. The van der Waals surface area contributed by atoms with Gasteiger partial charge in [-0.3, -0.25) is 52.5 Å². The normalized spacial score (nSPS) is 15.3. The van der Waals surface area contributed by atoms with Gasteiger partial charge in [-0.05, 0) is 58.7 Å². The molecule has 4 heterocycles. The van der Waals surface area contributed by atoms with Crippen molar-refractivity contribution in [2.24, 2.45) is 11.7 Å². The van der Waals surface area contributed by atoms with Crippen LogP contribution in [0.1, 0.15) is 67.1 Å². The van der Waals surface area contributed by atoms with Gasteiger partial charge < -0.3 is 57.8 Å². The second-order valence-corrected chi connectivity index (χ2v) is 23.2. The van der Waals surface area contributed by atoms with E-state index >= 15 is 9.59 Å². The summed E-state index contributed by atoms with van der Waals surface area (Å²) in [5.41, 5.74) is 11.1. The summed E-state index contributed by atoms with van der Waals surface area (Å²) < 4.78 is 1.36. The average molecular weight is 1230 g/mol. The minimum absolute atomic E-state index is 0.0316. The average Bonchev–Trinajstić information content (AvgIpc) is 1.77. The van der Waals surface area contributed by atoms with E-state index in [1.165, 1.54) is 28.9 Å². The fourth-order valence-electron chi connectivity index (χ4n) is 11.6. The number of carbonyl (C=O) groups excluding carboxylic acids is 10. The highest BCUT2D eigenvalue weighted by molar-refractivity contribution is 5.99. The molecule has 9 amide bonds. The molecule has 1 aliphatic rings. The minimum atomic E-state index is -1.41. The number of rotatable bonds is 29. The zero-order chi connectivity index (χ0) is 64.6. The van der Waals surface area contributed by atoms with Crippen molar-refractivity contribution < 1.29 is 47.9 Å². The Morgan fingerprint density at radius 1 is 0.560 bits per heavy atom. The van der Waals surface area contributed by atoms with Gasteiger partial charge in [0.25, 0.3) is 0 Å². The van der Waals surface area contributed by atoms with Gasteiger partial charge in [-0.2, -0.15) is 0 Å². The van der Waals surface area contributed by atoms with Crippen LogP contribution in [0.4, 0.5) is 0 Å². The van der Waals surface area contributed by atoms with Crippen LogP contribution in [0, 0.1) is 5.92 Å². The van der Waals surface area contributed by atoms with E-state index in [4.69, 9.17) is 5.73 Å². The first-order chi connectivity index (χ1) is 43.9. The van der Waals surface area contributed by atoms with Crippen molar-refractivity contribution in [3.63, 3.8) is 0 Å². The fourth-order valence-corrected chi connectivity index (χ4v) is 11.6. The molecule has 472 valence electrons.